The van der Waals surface area contributed by atoms with Crippen LogP contribution in [-0.2, 0) is 0 Å². The van der Waals surface area contributed by atoms with Crippen molar-refractivity contribution in [3.63, 3.8) is 0 Å². The summed E-state index contributed by atoms with van der Waals surface area (Å²) in [6, 6.07) is 5.44. The summed E-state index contributed by atoms with van der Waals surface area (Å²) in [5, 5.41) is 0. The molecule has 0 spiro atoms. The van der Waals surface area contributed by atoms with E-state index < -0.39 is 5.51 Å². The Balaban J connectivity index is 2.40. The average molecular weight is 315 g/mol. The van der Waals surface area contributed by atoms with Crippen LogP contribution in [0.15, 0.2) is 22.7 Å². The van der Waals surface area contributed by atoms with Crippen LogP contribution >= 0.6 is 27.7 Å². The molecule has 1 rings (SSSR count). The zero-order valence-corrected chi connectivity index (χ0v) is 10.9. The van der Waals surface area contributed by atoms with Crippen molar-refractivity contribution in [2.45, 2.75) is 12.4 Å². The van der Waals surface area contributed by atoms with Crippen molar-refractivity contribution in [3.8, 4) is 5.75 Å². The number of hydrogen-bond donors (Lipinski definition) is 0. The second-order valence-electron chi connectivity index (χ2n) is 3.05. The quantitative estimate of drug-likeness (QED) is 0.762. The van der Waals surface area contributed by atoms with E-state index in [1.165, 1.54) is 0 Å². The first kappa shape index (κ1) is 13.7. The van der Waals surface area contributed by atoms with Gasteiger partial charge in [-0.3, -0.25) is 0 Å². The van der Waals surface area contributed by atoms with Gasteiger partial charge in [0.25, 0.3) is 0 Å². The molecule has 0 aliphatic carbocycles. The molecule has 0 aliphatic heterocycles. The minimum atomic E-state index is -4.18. The second-order valence-corrected chi connectivity index (χ2v) is 5.13. The minimum absolute atomic E-state index is 0.0431. The normalized spacial score (nSPS) is 11.6. The smallest absolute Gasteiger partial charge is 0.441 e. The lowest BCUT2D eigenvalue weighted by Crippen LogP contribution is -2.07. The summed E-state index contributed by atoms with van der Waals surface area (Å²) in [6.07, 6.45) is 0. The van der Waals surface area contributed by atoms with Gasteiger partial charge in [0.1, 0.15) is 5.75 Å². The Kier molecular flexibility index (Phi) is 4.98. The maximum atomic E-state index is 11.8. The first-order valence-corrected chi connectivity index (χ1v) is 6.26. The van der Waals surface area contributed by atoms with Gasteiger partial charge in [0.05, 0.1) is 6.61 Å². The topological polar surface area (TPSA) is 9.23 Å². The van der Waals surface area contributed by atoms with E-state index in [-0.39, 0.29) is 24.1 Å². The Bertz CT molecular complexity index is 354. The van der Waals surface area contributed by atoms with Gasteiger partial charge >= 0.3 is 5.51 Å². The molecule has 0 radical (unpaired) electrons. The standard InChI is InChI=1S/C10H10BrF3OS/c1-7-2-3-8(11)6-9(7)15-4-5-16-10(12,13)14/h2-3,6H,4-5H2,1H3. The monoisotopic (exact) mass is 314 g/mol. The molecule has 0 saturated heterocycles. The van der Waals surface area contributed by atoms with Crippen LogP contribution in [0.3, 0.4) is 0 Å². The number of hydrogen-bond acceptors (Lipinski definition) is 2. The van der Waals surface area contributed by atoms with Crippen LogP contribution in [-0.4, -0.2) is 17.9 Å². The number of rotatable bonds is 4. The predicted octanol–water partition coefficient (Wildman–Crippen LogP) is 4.39. The van der Waals surface area contributed by atoms with Crippen molar-refractivity contribution < 1.29 is 17.9 Å². The summed E-state index contributed by atoms with van der Waals surface area (Å²) in [4.78, 5) is 0. The number of ether oxygens (including phenoxy) is 1. The van der Waals surface area contributed by atoms with E-state index >= 15 is 0 Å². The zero-order valence-electron chi connectivity index (χ0n) is 8.47. The molecule has 1 aromatic carbocycles. The Labute approximate surface area is 104 Å². The number of aryl methyl sites for hydroxylation is 1. The third-order valence-electron chi connectivity index (χ3n) is 1.76. The second kappa shape index (κ2) is 5.82. The third-order valence-corrected chi connectivity index (χ3v) is 2.95. The van der Waals surface area contributed by atoms with Gasteiger partial charge in [0.15, 0.2) is 0 Å². The molecule has 0 saturated carbocycles. The van der Waals surface area contributed by atoms with Crippen LogP contribution in [0.2, 0.25) is 0 Å². The van der Waals surface area contributed by atoms with Crippen molar-refractivity contribution in [2.24, 2.45) is 0 Å². The lowest BCUT2D eigenvalue weighted by atomic mass is 10.2. The summed E-state index contributed by atoms with van der Waals surface area (Å²) in [7, 11) is 0. The first-order chi connectivity index (χ1) is 7.38. The molecular weight excluding hydrogens is 305 g/mol. The summed E-state index contributed by atoms with van der Waals surface area (Å²) in [5.41, 5.74) is -3.28. The molecule has 90 valence electrons. The average Bonchev–Trinajstić information content (AvgIpc) is 2.16. The van der Waals surface area contributed by atoms with Crippen LogP contribution in [0.25, 0.3) is 0 Å². The summed E-state index contributed by atoms with van der Waals surface area (Å²) in [6.45, 7) is 1.89. The van der Waals surface area contributed by atoms with Crippen molar-refractivity contribution in [1.29, 1.82) is 0 Å². The third kappa shape index (κ3) is 5.12. The lowest BCUT2D eigenvalue weighted by Gasteiger charge is -2.10. The summed E-state index contributed by atoms with van der Waals surface area (Å²) >= 11 is 3.20. The van der Waals surface area contributed by atoms with Gasteiger partial charge in [-0.15, -0.1) is 0 Å². The highest BCUT2D eigenvalue weighted by molar-refractivity contribution is 9.10. The molecule has 0 aliphatic rings. The van der Waals surface area contributed by atoms with E-state index in [9.17, 15) is 13.2 Å². The molecule has 0 heterocycles. The number of benzene rings is 1. The van der Waals surface area contributed by atoms with Gasteiger partial charge in [-0.25, -0.2) is 0 Å². The van der Waals surface area contributed by atoms with Crippen molar-refractivity contribution >= 4 is 27.7 Å². The van der Waals surface area contributed by atoms with E-state index in [2.05, 4.69) is 15.9 Å². The molecular formula is C10H10BrF3OS. The lowest BCUT2D eigenvalue weighted by molar-refractivity contribution is -0.0329. The molecule has 0 amide bonds. The molecule has 0 fully saturated rings. The fourth-order valence-electron chi connectivity index (χ4n) is 1.04. The van der Waals surface area contributed by atoms with E-state index in [0.717, 1.165) is 10.0 Å². The number of halogens is 4. The molecule has 0 atom stereocenters. The van der Waals surface area contributed by atoms with Crippen LogP contribution in [0, 0.1) is 6.92 Å². The highest BCUT2D eigenvalue weighted by Crippen LogP contribution is 2.30. The van der Waals surface area contributed by atoms with Crippen molar-refractivity contribution in [3.05, 3.63) is 28.2 Å². The van der Waals surface area contributed by atoms with Crippen molar-refractivity contribution in [1.82, 2.24) is 0 Å². The Morgan fingerprint density at radius 1 is 1.38 bits per heavy atom. The zero-order chi connectivity index (χ0) is 12.2. The largest absolute Gasteiger partial charge is 0.492 e. The van der Waals surface area contributed by atoms with E-state index in [1.807, 2.05) is 19.1 Å². The van der Waals surface area contributed by atoms with Crippen molar-refractivity contribution in [2.75, 3.05) is 12.4 Å². The summed E-state index contributed by atoms with van der Waals surface area (Å²) in [5.74, 6) is 0.507. The Morgan fingerprint density at radius 2 is 2.06 bits per heavy atom. The summed E-state index contributed by atoms with van der Waals surface area (Å²) < 4.78 is 41.6. The molecule has 1 aromatic rings. The number of alkyl halides is 3. The maximum absolute atomic E-state index is 11.8. The van der Waals surface area contributed by atoms with Gasteiger partial charge in [-0.1, -0.05) is 22.0 Å². The minimum Gasteiger partial charge on any atom is -0.492 e. The Hall–Kier alpha value is -0.360. The molecule has 16 heavy (non-hydrogen) atoms. The molecule has 6 heteroatoms. The molecule has 1 nitrogen and oxygen atoms in total. The van der Waals surface area contributed by atoms with E-state index in [4.69, 9.17) is 4.74 Å². The SMILES string of the molecule is Cc1ccc(Br)cc1OCCSC(F)(F)F. The van der Waals surface area contributed by atoms with Gasteiger partial charge in [-0.2, -0.15) is 13.2 Å². The number of thioether (sulfide) groups is 1. The maximum Gasteiger partial charge on any atom is 0.441 e. The highest BCUT2D eigenvalue weighted by Gasteiger charge is 2.27. The molecule has 0 bridgehead atoms. The fourth-order valence-corrected chi connectivity index (χ4v) is 1.78. The highest BCUT2D eigenvalue weighted by atomic mass is 79.9. The van der Waals surface area contributed by atoms with Crippen LogP contribution in [0.1, 0.15) is 5.56 Å². The molecule has 0 aromatic heterocycles. The van der Waals surface area contributed by atoms with Crippen LogP contribution in [0.4, 0.5) is 13.2 Å². The molecule has 0 unspecified atom stereocenters. The van der Waals surface area contributed by atoms with Crippen LogP contribution < -0.4 is 4.74 Å². The van der Waals surface area contributed by atoms with Crippen LogP contribution in [0.5, 0.6) is 5.75 Å². The first-order valence-electron chi connectivity index (χ1n) is 4.48. The predicted molar refractivity (Wildman–Crippen MR) is 62.9 cm³/mol. The van der Waals surface area contributed by atoms with Gasteiger partial charge in [0, 0.05) is 10.2 Å². The van der Waals surface area contributed by atoms with Gasteiger partial charge in [0.2, 0.25) is 0 Å². The van der Waals surface area contributed by atoms with Gasteiger partial charge in [-0.05, 0) is 36.4 Å². The Morgan fingerprint density at radius 3 is 2.69 bits per heavy atom. The molecule has 0 N–H and O–H groups in total. The fraction of sp³-hybridized carbons (Fsp3) is 0.400. The van der Waals surface area contributed by atoms with Gasteiger partial charge < -0.3 is 4.74 Å². The van der Waals surface area contributed by atoms with E-state index in [0.29, 0.717) is 5.75 Å². The van der Waals surface area contributed by atoms with E-state index in [1.54, 1.807) is 6.07 Å².